The SMILES string of the molecule is CCCCC/C=C\C=C/CCCCCCCCCCCCC(=O)NC(CO)C(O)C(O)CCC/C=C/CCCCCCCC. The van der Waals surface area contributed by atoms with Crippen LogP contribution in [0.2, 0.25) is 0 Å². The molecule has 0 heterocycles. The molecule has 258 valence electrons. The van der Waals surface area contributed by atoms with E-state index in [2.05, 4.69) is 55.6 Å². The van der Waals surface area contributed by atoms with E-state index in [-0.39, 0.29) is 12.5 Å². The summed E-state index contributed by atoms with van der Waals surface area (Å²) >= 11 is 0. The highest BCUT2D eigenvalue weighted by Crippen LogP contribution is 2.14. The van der Waals surface area contributed by atoms with E-state index in [0.29, 0.717) is 12.8 Å². The molecule has 3 unspecified atom stereocenters. The highest BCUT2D eigenvalue weighted by atomic mass is 16.3. The molecule has 0 aromatic rings. The monoisotopic (exact) mass is 620 g/mol. The second-order valence-corrected chi connectivity index (χ2v) is 12.8. The second-order valence-electron chi connectivity index (χ2n) is 12.8. The molecule has 4 N–H and O–H groups in total. The number of unbranched alkanes of at least 4 members (excludes halogenated alkanes) is 20. The fraction of sp³-hybridized carbons (Fsp3) is 0.821. The third-order valence-corrected chi connectivity index (χ3v) is 8.49. The molecule has 0 saturated heterocycles. The number of carbonyl (C=O) groups is 1. The lowest BCUT2D eigenvalue weighted by Gasteiger charge is -2.26. The van der Waals surface area contributed by atoms with Crippen LogP contribution in [0.25, 0.3) is 0 Å². The smallest absolute Gasteiger partial charge is 0.220 e. The molecule has 0 aliphatic heterocycles. The van der Waals surface area contributed by atoms with E-state index < -0.39 is 18.2 Å². The maximum atomic E-state index is 12.3. The van der Waals surface area contributed by atoms with Crippen LogP contribution in [-0.4, -0.2) is 46.1 Å². The van der Waals surface area contributed by atoms with Crippen LogP contribution in [0, 0.1) is 0 Å². The van der Waals surface area contributed by atoms with Crippen LogP contribution in [0.15, 0.2) is 36.5 Å². The first kappa shape index (κ1) is 42.6. The van der Waals surface area contributed by atoms with Gasteiger partial charge in [0.25, 0.3) is 0 Å². The summed E-state index contributed by atoms with van der Waals surface area (Å²) in [7, 11) is 0. The van der Waals surface area contributed by atoms with E-state index in [0.717, 1.165) is 38.5 Å². The number of hydrogen-bond donors (Lipinski definition) is 4. The Morgan fingerprint density at radius 1 is 0.568 bits per heavy atom. The minimum absolute atomic E-state index is 0.161. The number of aliphatic hydroxyl groups excluding tert-OH is 3. The minimum atomic E-state index is -1.16. The third kappa shape index (κ3) is 29.3. The van der Waals surface area contributed by atoms with Gasteiger partial charge in [0, 0.05) is 6.42 Å². The van der Waals surface area contributed by atoms with Crippen molar-refractivity contribution in [2.24, 2.45) is 0 Å². The molecule has 5 heteroatoms. The molecule has 3 atom stereocenters. The van der Waals surface area contributed by atoms with Gasteiger partial charge in [-0.3, -0.25) is 4.79 Å². The summed E-state index contributed by atoms with van der Waals surface area (Å²) in [5, 5.41) is 33.3. The van der Waals surface area contributed by atoms with Gasteiger partial charge in [0.15, 0.2) is 0 Å². The van der Waals surface area contributed by atoms with Crippen molar-refractivity contribution in [1.29, 1.82) is 0 Å². The Kier molecular flexibility index (Phi) is 33.3. The van der Waals surface area contributed by atoms with Crippen LogP contribution in [0.4, 0.5) is 0 Å². The zero-order valence-corrected chi connectivity index (χ0v) is 29.0. The molecular weight excluding hydrogens is 546 g/mol. The maximum absolute atomic E-state index is 12.3. The van der Waals surface area contributed by atoms with Crippen LogP contribution < -0.4 is 5.32 Å². The first-order chi connectivity index (χ1) is 21.6. The van der Waals surface area contributed by atoms with E-state index in [9.17, 15) is 20.1 Å². The molecule has 0 aliphatic rings. The summed E-state index contributed by atoms with van der Waals surface area (Å²) in [4.78, 5) is 12.3. The molecule has 44 heavy (non-hydrogen) atoms. The lowest BCUT2D eigenvalue weighted by atomic mass is 10.0. The average molecular weight is 620 g/mol. The Labute approximate surface area is 273 Å². The molecule has 0 radical (unpaired) electrons. The van der Waals surface area contributed by atoms with Crippen LogP contribution in [-0.2, 0) is 4.79 Å². The van der Waals surface area contributed by atoms with Crippen molar-refractivity contribution in [3.63, 3.8) is 0 Å². The molecule has 0 fully saturated rings. The molecule has 0 aliphatic carbocycles. The van der Waals surface area contributed by atoms with Crippen LogP contribution >= 0.6 is 0 Å². The summed E-state index contributed by atoms with van der Waals surface area (Å²) in [5.41, 5.74) is 0. The molecule has 0 bridgehead atoms. The quantitative estimate of drug-likeness (QED) is 0.0334. The first-order valence-electron chi connectivity index (χ1n) is 18.8. The third-order valence-electron chi connectivity index (χ3n) is 8.49. The second kappa shape index (κ2) is 34.4. The highest BCUT2D eigenvalue weighted by molar-refractivity contribution is 5.76. The topological polar surface area (TPSA) is 89.8 Å². The predicted octanol–water partition coefficient (Wildman–Crippen LogP) is 10.0. The Morgan fingerprint density at radius 3 is 1.50 bits per heavy atom. The van der Waals surface area contributed by atoms with Gasteiger partial charge in [0.2, 0.25) is 5.91 Å². The van der Waals surface area contributed by atoms with E-state index in [4.69, 9.17) is 0 Å². The van der Waals surface area contributed by atoms with Gasteiger partial charge in [0.05, 0.1) is 18.8 Å². The van der Waals surface area contributed by atoms with Crippen molar-refractivity contribution in [1.82, 2.24) is 5.32 Å². The first-order valence-corrected chi connectivity index (χ1v) is 18.8. The van der Waals surface area contributed by atoms with Crippen LogP contribution in [0.1, 0.15) is 181 Å². The van der Waals surface area contributed by atoms with Crippen molar-refractivity contribution < 1.29 is 20.1 Å². The minimum Gasteiger partial charge on any atom is -0.394 e. The number of allylic oxidation sites excluding steroid dienone is 6. The fourth-order valence-corrected chi connectivity index (χ4v) is 5.50. The van der Waals surface area contributed by atoms with Crippen molar-refractivity contribution in [2.75, 3.05) is 6.61 Å². The fourth-order valence-electron chi connectivity index (χ4n) is 5.50. The van der Waals surface area contributed by atoms with Crippen molar-refractivity contribution in [2.45, 2.75) is 199 Å². The van der Waals surface area contributed by atoms with Gasteiger partial charge in [-0.05, 0) is 64.2 Å². The molecule has 5 nitrogen and oxygen atoms in total. The number of rotatable bonds is 33. The zero-order chi connectivity index (χ0) is 32.4. The summed E-state index contributed by atoms with van der Waals surface area (Å²) in [6.07, 6.45) is 40.9. The zero-order valence-electron chi connectivity index (χ0n) is 29.0. The van der Waals surface area contributed by atoms with Crippen molar-refractivity contribution >= 4 is 5.91 Å². The van der Waals surface area contributed by atoms with Gasteiger partial charge in [-0.25, -0.2) is 0 Å². The van der Waals surface area contributed by atoms with Crippen molar-refractivity contribution in [3.8, 4) is 0 Å². The molecular formula is C39H73NO4. The lowest BCUT2D eigenvalue weighted by Crippen LogP contribution is -2.50. The average Bonchev–Trinajstić information content (AvgIpc) is 3.03. The number of aliphatic hydroxyl groups is 3. The molecule has 1 amide bonds. The van der Waals surface area contributed by atoms with E-state index in [1.165, 1.54) is 116 Å². The molecule has 0 rings (SSSR count). The standard InChI is InChI=1S/C39H73NO4/c1-3-5-7-9-11-13-15-16-17-18-19-20-21-22-24-26-28-30-32-34-38(43)40-36(35-41)39(44)37(42)33-31-29-27-25-23-14-12-10-8-6-4-2/h11,13,15-16,25,27,36-37,39,41-42,44H,3-10,12,14,17-24,26,28-35H2,1-2H3,(H,40,43)/b13-11-,16-15-,27-25+. The van der Waals surface area contributed by atoms with Gasteiger partial charge < -0.3 is 20.6 Å². The lowest BCUT2D eigenvalue weighted by molar-refractivity contribution is -0.124. The summed E-state index contributed by atoms with van der Waals surface area (Å²) in [6.45, 7) is 4.10. The summed E-state index contributed by atoms with van der Waals surface area (Å²) in [5.74, 6) is -0.161. The number of amides is 1. The predicted molar refractivity (Wildman–Crippen MR) is 190 cm³/mol. The highest BCUT2D eigenvalue weighted by Gasteiger charge is 2.26. The molecule has 0 aromatic heterocycles. The van der Waals surface area contributed by atoms with Crippen molar-refractivity contribution in [3.05, 3.63) is 36.5 Å². The van der Waals surface area contributed by atoms with Gasteiger partial charge in [-0.2, -0.15) is 0 Å². The van der Waals surface area contributed by atoms with Gasteiger partial charge in [-0.15, -0.1) is 0 Å². The Balaban J connectivity index is 3.71. The van der Waals surface area contributed by atoms with E-state index in [1.54, 1.807) is 0 Å². The number of carbonyl (C=O) groups excluding carboxylic acids is 1. The normalized spacial score (nSPS) is 14.2. The van der Waals surface area contributed by atoms with Gasteiger partial charge in [0.1, 0.15) is 6.10 Å². The van der Waals surface area contributed by atoms with Crippen LogP contribution in [0.5, 0.6) is 0 Å². The molecule has 0 spiro atoms. The molecule has 0 saturated carbocycles. The summed E-state index contributed by atoms with van der Waals surface area (Å²) in [6, 6.07) is -0.825. The Morgan fingerprint density at radius 2 is 0.977 bits per heavy atom. The van der Waals surface area contributed by atoms with E-state index in [1.807, 2.05) is 0 Å². The van der Waals surface area contributed by atoms with E-state index >= 15 is 0 Å². The number of hydrogen-bond acceptors (Lipinski definition) is 4. The van der Waals surface area contributed by atoms with Crippen LogP contribution in [0.3, 0.4) is 0 Å². The Bertz CT molecular complexity index is 690. The summed E-state index contributed by atoms with van der Waals surface area (Å²) < 4.78 is 0. The maximum Gasteiger partial charge on any atom is 0.220 e. The largest absolute Gasteiger partial charge is 0.394 e. The molecule has 0 aromatic carbocycles. The van der Waals surface area contributed by atoms with Gasteiger partial charge in [-0.1, -0.05) is 147 Å². The Hall–Kier alpha value is -1.43. The number of nitrogens with one attached hydrogen (secondary N) is 1. The van der Waals surface area contributed by atoms with Gasteiger partial charge >= 0.3 is 0 Å².